The van der Waals surface area contributed by atoms with Gasteiger partial charge >= 0.3 is 0 Å². The van der Waals surface area contributed by atoms with Crippen LogP contribution in [0.25, 0.3) is 10.9 Å². The molecule has 1 heterocycles. The van der Waals surface area contributed by atoms with Crippen molar-refractivity contribution in [3.05, 3.63) is 41.6 Å². The number of fused-ring (bicyclic) bond motifs is 1. The van der Waals surface area contributed by atoms with Crippen molar-refractivity contribution in [2.24, 2.45) is 0 Å². The normalized spacial score (nSPS) is 9.69. The first-order valence-corrected chi connectivity index (χ1v) is 4.01. The molecule has 1 aromatic carbocycles. The molecule has 0 saturated carbocycles. The fourth-order valence-electron chi connectivity index (χ4n) is 1.32. The molecule has 0 N–H and O–H groups in total. The maximum absolute atomic E-state index is 4.23. The van der Waals surface area contributed by atoms with E-state index in [0.717, 1.165) is 5.52 Å². The number of aromatic nitrogens is 1. The molecule has 0 spiro atoms. The van der Waals surface area contributed by atoms with Crippen molar-refractivity contribution in [2.45, 2.75) is 13.8 Å². The van der Waals surface area contributed by atoms with Crippen molar-refractivity contribution in [3.8, 4) is 0 Å². The van der Waals surface area contributed by atoms with E-state index in [1.165, 1.54) is 16.5 Å². The minimum absolute atomic E-state index is 0. The Morgan fingerprint density at radius 3 is 2.85 bits per heavy atom. The van der Waals surface area contributed by atoms with Gasteiger partial charge < -0.3 is 0 Å². The van der Waals surface area contributed by atoms with Crippen molar-refractivity contribution >= 4 is 10.9 Å². The average Bonchev–Trinajstić information content (AvgIpc) is 2.12. The van der Waals surface area contributed by atoms with Crippen LogP contribution in [0.4, 0.5) is 0 Å². The van der Waals surface area contributed by atoms with Crippen molar-refractivity contribution in [1.82, 2.24) is 4.98 Å². The van der Waals surface area contributed by atoms with Crippen molar-refractivity contribution < 1.29 is 19.5 Å². The molecule has 0 fully saturated rings. The third-order valence-corrected chi connectivity index (χ3v) is 2.23. The maximum atomic E-state index is 4.23. The van der Waals surface area contributed by atoms with Gasteiger partial charge in [-0.05, 0) is 5.52 Å². The Morgan fingerprint density at radius 2 is 2.08 bits per heavy atom. The second-order valence-electron chi connectivity index (χ2n) is 3.00. The number of pyridine rings is 1. The summed E-state index contributed by atoms with van der Waals surface area (Å²) in [5.74, 6) is 0. The van der Waals surface area contributed by atoms with Crippen molar-refractivity contribution in [3.63, 3.8) is 0 Å². The summed E-state index contributed by atoms with van der Waals surface area (Å²) >= 11 is 0. The van der Waals surface area contributed by atoms with Crippen LogP contribution >= 0.6 is 0 Å². The zero-order valence-electron chi connectivity index (χ0n) is 7.59. The van der Waals surface area contributed by atoms with E-state index in [1.54, 1.807) is 6.20 Å². The number of hydrogen-bond acceptors (Lipinski definition) is 1. The van der Waals surface area contributed by atoms with E-state index in [0.29, 0.717) is 0 Å². The van der Waals surface area contributed by atoms with Gasteiger partial charge in [-0.1, -0.05) is 19.9 Å². The van der Waals surface area contributed by atoms with Gasteiger partial charge in [-0.25, -0.2) is 0 Å². The third kappa shape index (κ3) is 1.78. The minimum atomic E-state index is 0. The molecule has 1 aromatic heterocycles. The van der Waals surface area contributed by atoms with E-state index in [-0.39, 0.29) is 19.5 Å². The fraction of sp³-hybridized carbons (Fsp3) is 0.182. The fourth-order valence-corrected chi connectivity index (χ4v) is 1.32. The van der Waals surface area contributed by atoms with Gasteiger partial charge in [0.25, 0.3) is 0 Å². The summed E-state index contributed by atoms with van der Waals surface area (Å²) in [6, 6.07) is 9.18. The molecule has 0 atom stereocenters. The second kappa shape index (κ2) is 3.97. The van der Waals surface area contributed by atoms with Gasteiger partial charge in [0.15, 0.2) is 0 Å². The van der Waals surface area contributed by atoms with Gasteiger partial charge in [-0.3, -0.25) is 4.98 Å². The Kier molecular flexibility index (Phi) is 3.16. The number of benzene rings is 1. The van der Waals surface area contributed by atoms with E-state index in [9.17, 15) is 0 Å². The van der Waals surface area contributed by atoms with Crippen LogP contribution in [0.5, 0.6) is 0 Å². The van der Waals surface area contributed by atoms with E-state index in [1.807, 2.05) is 12.1 Å². The summed E-state index contributed by atoms with van der Waals surface area (Å²) in [5, 5.41) is 1.21. The Bertz CT molecular complexity index is 423. The van der Waals surface area contributed by atoms with Gasteiger partial charge in [0.1, 0.15) is 0 Å². The largest absolute Gasteiger partial charge is 0.283 e. The Balaban J connectivity index is 0.000000845. The van der Waals surface area contributed by atoms with E-state index >= 15 is 0 Å². The summed E-state index contributed by atoms with van der Waals surface area (Å²) in [6.45, 7) is 4.21. The zero-order valence-corrected chi connectivity index (χ0v) is 9.23. The molecule has 1 nitrogen and oxygen atoms in total. The number of hydrogen-bond donors (Lipinski definition) is 0. The molecule has 2 aromatic rings. The molecular weight excluding hydrogens is 249 g/mol. The molecule has 0 aliphatic carbocycles. The molecule has 0 bridgehead atoms. The Labute approximate surface area is 90.9 Å². The van der Waals surface area contributed by atoms with Gasteiger partial charge in [0.2, 0.25) is 0 Å². The van der Waals surface area contributed by atoms with Gasteiger partial charge in [-0.15, -0.1) is 17.0 Å². The summed E-state index contributed by atoms with van der Waals surface area (Å²) in [4.78, 5) is 4.23. The first kappa shape index (κ1) is 10.3. The summed E-state index contributed by atoms with van der Waals surface area (Å²) < 4.78 is 0. The number of rotatable bonds is 0. The smallest absolute Gasteiger partial charge is 0.0239 e. The SMILES string of the molecule is Cc1c[c-]c2ncccc2c1C.[Rh]. The second-order valence-corrected chi connectivity index (χ2v) is 3.00. The molecule has 2 rings (SSSR count). The zero-order chi connectivity index (χ0) is 8.55. The van der Waals surface area contributed by atoms with Crippen LogP contribution in [-0.4, -0.2) is 4.98 Å². The molecule has 69 valence electrons. The average molecular weight is 259 g/mol. The summed E-state index contributed by atoms with van der Waals surface area (Å²) in [5.41, 5.74) is 3.54. The van der Waals surface area contributed by atoms with Crippen LogP contribution in [0.1, 0.15) is 11.1 Å². The van der Waals surface area contributed by atoms with Crippen LogP contribution in [0.15, 0.2) is 24.4 Å². The molecule has 1 radical (unpaired) electrons. The van der Waals surface area contributed by atoms with E-state index in [4.69, 9.17) is 0 Å². The summed E-state index contributed by atoms with van der Waals surface area (Å²) in [6.07, 6.45) is 1.80. The van der Waals surface area contributed by atoms with Gasteiger partial charge in [0.05, 0.1) is 0 Å². The van der Waals surface area contributed by atoms with E-state index in [2.05, 4.69) is 31.0 Å². The van der Waals surface area contributed by atoms with Crippen LogP contribution < -0.4 is 0 Å². The predicted molar refractivity (Wildman–Crippen MR) is 50.1 cm³/mol. The van der Waals surface area contributed by atoms with Crippen LogP contribution in [-0.2, 0) is 19.5 Å². The molecule has 0 amide bonds. The monoisotopic (exact) mass is 259 g/mol. The molecule has 0 saturated heterocycles. The van der Waals surface area contributed by atoms with Crippen molar-refractivity contribution in [1.29, 1.82) is 0 Å². The molecule has 0 aliphatic heterocycles. The van der Waals surface area contributed by atoms with Gasteiger partial charge in [-0.2, -0.15) is 17.7 Å². The van der Waals surface area contributed by atoms with Crippen LogP contribution in [0.2, 0.25) is 0 Å². The first-order chi connectivity index (χ1) is 5.79. The molecular formula is C11H10NRh-. The molecule has 0 aliphatic rings. The Hall–Kier alpha value is -0.747. The Morgan fingerprint density at radius 1 is 1.31 bits per heavy atom. The molecule has 2 heteroatoms. The summed E-state index contributed by atoms with van der Waals surface area (Å²) in [7, 11) is 0. The first-order valence-electron chi connectivity index (χ1n) is 4.01. The predicted octanol–water partition coefficient (Wildman–Crippen LogP) is 2.65. The standard InChI is InChI=1S/C11H10N.Rh/c1-8-5-6-11-10(9(8)2)4-3-7-12-11;/h3-5,7H,1-2H3;/q-1;. The molecule has 13 heavy (non-hydrogen) atoms. The molecule has 0 unspecified atom stereocenters. The topological polar surface area (TPSA) is 12.9 Å². The van der Waals surface area contributed by atoms with Crippen LogP contribution in [0, 0.1) is 19.9 Å². The quantitative estimate of drug-likeness (QED) is 0.523. The van der Waals surface area contributed by atoms with Crippen LogP contribution in [0.3, 0.4) is 0 Å². The van der Waals surface area contributed by atoms with Gasteiger partial charge in [0, 0.05) is 25.7 Å². The number of nitrogens with zero attached hydrogens (tertiary/aromatic N) is 1. The van der Waals surface area contributed by atoms with E-state index < -0.39 is 0 Å². The van der Waals surface area contributed by atoms with Crippen molar-refractivity contribution in [2.75, 3.05) is 0 Å². The number of aryl methyl sites for hydroxylation is 2. The minimum Gasteiger partial charge on any atom is -0.283 e. The maximum Gasteiger partial charge on any atom is 0.0239 e. The third-order valence-electron chi connectivity index (χ3n) is 2.23.